The zero-order valence-electron chi connectivity index (χ0n) is 13.4. The number of nitrogens with zero attached hydrogens (tertiary/aromatic N) is 2. The van der Waals surface area contributed by atoms with Crippen LogP contribution in [-0.2, 0) is 0 Å². The number of rotatable bonds is 3. The van der Waals surface area contributed by atoms with E-state index in [1.807, 2.05) is 0 Å². The molecule has 126 valence electrons. The minimum atomic E-state index is -0.657. The number of halogens is 2. The van der Waals surface area contributed by atoms with Gasteiger partial charge in [-0.3, -0.25) is 9.78 Å². The van der Waals surface area contributed by atoms with Gasteiger partial charge in [0.25, 0.3) is 5.91 Å². The lowest BCUT2D eigenvalue weighted by Crippen LogP contribution is -2.43. The van der Waals surface area contributed by atoms with Gasteiger partial charge in [0.2, 0.25) is 0 Å². The third kappa shape index (κ3) is 3.94. The topological polar surface area (TPSA) is 45.2 Å². The first-order chi connectivity index (χ1) is 11.5. The van der Waals surface area contributed by atoms with Crippen molar-refractivity contribution in [3.8, 4) is 11.3 Å². The van der Waals surface area contributed by atoms with Crippen molar-refractivity contribution in [2.75, 3.05) is 20.1 Å². The molecule has 1 aliphatic heterocycles. The van der Waals surface area contributed by atoms with Crippen molar-refractivity contribution in [1.82, 2.24) is 15.2 Å². The largest absolute Gasteiger partial charge is 0.349 e. The maximum atomic E-state index is 13.3. The highest BCUT2D eigenvalue weighted by atomic mass is 19.1. The number of likely N-dealkylation sites (tertiary alicyclic amines) is 1. The Kier molecular flexibility index (Phi) is 4.85. The summed E-state index contributed by atoms with van der Waals surface area (Å²) in [5.41, 5.74) is 1.20. The highest BCUT2D eigenvalue weighted by Gasteiger charge is 2.19. The molecule has 1 N–H and O–H groups in total. The van der Waals surface area contributed by atoms with Gasteiger partial charge < -0.3 is 10.2 Å². The van der Waals surface area contributed by atoms with Crippen LogP contribution in [0.2, 0.25) is 0 Å². The number of pyridine rings is 1. The van der Waals surface area contributed by atoms with Gasteiger partial charge in [-0.1, -0.05) is 0 Å². The van der Waals surface area contributed by atoms with Crippen LogP contribution in [0.15, 0.2) is 36.5 Å². The van der Waals surface area contributed by atoms with Gasteiger partial charge >= 0.3 is 0 Å². The van der Waals surface area contributed by atoms with Crippen molar-refractivity contribution >= 4 is 5.91 Å². The Morgan fingerprint density at radius 2 is 1.83 bits per heavy atom. The summed E-state index contributed by atoms with van der Waals surface area (Å²) in [4.78, 5) is 18.7. The summed E-state index contributed by atoms with van der Waals surface area (Å²) < 4.78 is 26.5. The van der Waals surface area contributed by atoms with Crippen LogP contribution in [-0.4, -0.2) is 42.0 Å². The van der Waals surface area contributed by atoms with Crippen LogP contribution in [0.3, 0.4) is 0 Å². The molecule has 0 atom stereocenters. The van der Waals surface area contributed by atoms with Gasteiger partial charge in [0, 0.05) is 23.9 Å². The Morgan fingerprint density at radius 3 is 2.42 bits per heavy atom. The number of amides is 1. The summed E-state index contributed by atoms with van der Waals surface area (Å²) in [7, 11) is 2.07. The summed E-state index contributed by atoms with van der Waals surface area (Å²) >= 11 is 0. The molecule has 2 aromatic rings. The van der Waals surface area contributed by atoms with E-state index in [2.05, 4.69) is 22.2 Å². The minimum absolute atomic E-state index is 0.172. The first kappa shape index (κ1) is 16.5. The molecular formula is C18H19F2N3O. The fourth-order valence-corrected chi connectivity index (χ4v) is 2.82. The molecule has 4 nitrogen and oxygen atoms in total. The number of aromatic nitrogens is 1. The Hall–Kier alpha value is -2.34. The number of benzene rings is 1. The number of nitrogens with one attached hydrogen (secondary N) is 1. The van der Waals surface area contributed by atoms with Crippen molar-refractivity contribution < 1.29 is 13.6 Å². The third-order valence-electron chi connectivity index (χ3n) is 4.24. The van der Waals surface area contributed by atoms with Crippen LogP contribution in [0.1, 0.15) is 23.2 Å². The zero-order valence-corrected chi connectivity index (χ0v) is 13.4. The summed E-state index contributed by atoms with van der Waals surface area (Å²) in [6, 6.07) is 6.62. The maximum Gasteiger partial charge on any atom is 0.253 e. The molecule has 1 aromatic heterocycles. The van der Waals surface area contributed by atoms with Crippen molar-refractivity contribution in [2.45, 2.75) is 18.9 Å². The predicted octanol–water partition coefficient (Wildman–Crippen LogP) is 2.85. The molecule has 0 aliphatic carbocycles. The molecule has 1 fully saturated rings. The van der Waals surface area contributed by atoms with E-state index in [-0.39, 0.29) is 11.9 Å². The Bertz CT molecular complexity index is 705. The van der Waals surface area contributed by atoms with Gasteiger partial charge in [-0.05, 0) is 57.2 Å². The average molecular weight is 331 g/mol. The van der Waals surface area contributed by atoms with Crippen molar-refractivity contribution in [2.24, 2.45) is 0 Å². The van der Waals surface area contributed by atoms with Crippen LogP contribution >= 0.6 is 0 Å². The van der Waals surface area contributed by atoms with Crippen LogP contribution in [0.25, 0.3) is 11.3 Å². The Labute approximate surface area is 139 Å². The predicted molar refractivity (Wildman–Crippen MR) is 87.6 cm³/mol. The highest BCUT2D eigenvalue weighted by molar-refractivity contribution is 5.94. The molecule has 0 radical (unpaired) electrons. The highest BCUT2D eigenvalue weighted by Crippen LogP contribution is 2.20. The van der Waals surface area contributed by atoms with E-state index in [9.17, 15) is 13.6 Å². The second-order valence-electron chi connectivity index (χ2n) is 6.14. The van der Waals surface area contributed by atoms with E-state index in [1.165, 1.54) is 18.3 Å². The van der Waals surface area contributed by atoms with E-state index in [4.69, 9.17) is 0 Å². The lowest BCUT2D eigenvalue weighted by molar-refractivity contribution is 0.0916. The SMILES string of the molecule is CN1CCC(NC(=O)c2ccc(-c3cc(F)cc(F)c3)nc2)CC1. The fourth-order valence-electron chi connectivity index (χ4n) is 2.82. The lowest BCUT2D eigenvalue weighted by Gasteiger charge is -2.29. The Balaban J connectivity index is 1.68. The smallest absolute Gasteiger partial charge is 0.253 e. The first-order valence-electron chi connectivity index (χ1n) is 7.93. The monoisotopic (exact) mass is 331 g/mol. The van der Waals surface area contributed by atoms with Gasteiger partial charge in [0.1, 0.15) is 11.6 Å². The maximum absolute atomic E-state index is 13.3. The van der Waals surface area contributed by atoms with Crippen LogP contribution in [0, 0.1) is 11.6 Å². The molecule has 6 heteroatoms. The first-order valence-corrected chi connectivity index (χ1v) is 7.93. The summed E-state index contributed by atoms with van der Waals surface area (Å²) in [6.07, 6.45) is 3.29. The molecule has 1 aliphatic rings. The number of carbonyl (C=O) groups excluding carboxylic acids is 1. The third-order valence-corrected chi connectivity index (χ3v) is 4.24. The zero-order chi connectivity index (χ0) is 17.1. The van der Waals surface area contributed by atoms with E-state index in [0.29, 0.717) is 16.8 Å². The molecule has 0 bridgehead atoms. The standard InChI is InChI=1S/C18H19F2N3O/c1-23-6-4-16(5-7-23)22-18(24)12-2-3-17(21-11-12)13-8-14(19)10-15(20)9-13/h2-3,8-11,16H,4-7H2,1H3,(H,22,24). The number of piperidine rings is 1. The molecule has 0 unspecified atom stereocenters. The number of hydrogen-bond acceptors (Lipinski definition) is 3. The minimum Gasteiger partial charge on any atom is -0.349 e. The molecule has 24 heavy (non-hydrogen) atoms. The average Bonchev–Trinajstić information content (AvgIpc) is 2.56. The van der Waals surface area contributed by atoms with Crippen molar-refractivity contribution in [3.05, 3.63) is 53.7 Å². The molecule has 3 rings (SSSR count). The second-order valence-corrected chi connectivity index (χ2v) is 6.14. The summed E-state index contributed by atoms with van der Waals surface area (Å²) in [6.45, 7) is 1.93. The summed E-state index contributed by atoms with van der Waals surface area (Å²) in [5, 5.41) is 3.01. The van der Waals surface area contributed by atoms with E-state index in [1.54, 1.807) is 12.1 Å². The normalized spacial score (nSPS) is 16.1. The van der Waals surface area contributed by atoms with Gasteiger partial charge in [-0.2, -0.15) is 0 Å². The lowest BCUT2D eigenvalue weighted by atomic mass is 10.0. The second kappa shape index (κ2) is 7.05. The van der Waals surface area contributed by atoms with Gasteiger partial charge in [-0.25, -0.2) is 8.78 Å². The van der Waals surface area contributed by atoms with Gasteiger partial charge in [0.15, 0.2) is 0 Å². The van der Waals surface area contributed by atoms with Crippen LogP contribution < -0.4 is 5.32 Å². The molecule has 0 saturated carbocycles. The molecule has 1 aromatic carbocycles. The van der Waals surface area contributed by atoms with E-state index < -0.39 is 11.6 Å². The quantitative estimate of drug-likeness (QED) is 0.941. The van der Waals surface area contributed by atoms with Crippen molar-refractivity contribution in [3.63, 3.8) is 0 Å². The summed E-state index contributed by atoms with van der Waals surface area (Å²) in [5.74, 6) is -1.49. The Morgan fingerprint density at radius 1 is 1.17 bits per heavy atom. The van der Waals surface area contributed by atoms with E-state index in [0.717, 1.165) is 32.0 Å². The van der Waals surface area contributed by atoms with Crippen LogP contribution in [0.5, 0.6) is 0 Å². The number of carbonyl (C=O) groups is 1. The molecule has 1 saturated heterocycles. The molecule has 0 spiro atoms. The van der Waals surface area contributed by atoms with Gasteiger partial charge in [-0.15, -0.1) is 0 Å². The van der Waals surface area contributed by atoms with Crippen molar-refractivity contribution in [1.29, 1.82) is 0 Å². The van der Waals surface area contributed by atoms with Gasteiger partial charge in [0.05, 0.1) is 11.3 Å². The van der Waals surface area contributed by atoms with E-state index >= 15 is 0 Å². The molecule has 2 heterocycles. The van der Waals surface area contributed by atoms with Crippen LogP contribution in [0.4, 0.5) is 8.78 Å². The molecule has 1 amide bonds. The fraction of sp³-hybridized carbons (Fsp3) is 0.333. The molecular weight excluding hydrogens is 312 g/mol. The number of hydrogen-bond donors (Lipinski definition) is 1.